The lowest BCUT2D eigenvalue weighted by Crippen LogP contribution is -2.13. The van der Waals surface area contributed by atoms with Gasteiger partial charge in [-0.1, -0.05) is 23.3 Å². The fourth-order valence-corrected chi connectivity index (χ4v) is 2.71. The minimum atomic E-state index is -0.273. The highest BCUT2D eigenvalue weighted by atomic mass is 127. The molecule has 3 rings (SSSR count). The van der Waals surface area contributed by atoms with Crippen molar-refractivity contribution in [2.24, 2.45) is 0 Å². The average molecular weight is 419 g/mol. The van der Waals surface area contributed by atoms with Gasteiger partial charge >= 0.3 is 6.01 Å². The first-order chi connectivity index (χ1) is 11.0. The monoisotopic (exact) mass is 419 g/mol. The van der Waals surface area contributed by atoms with Crippen molar-refractivity contribution in [2.75, 3.05) is 5.32 Å². The summed E-state index contributed by atoms with van der Waals surface area (Å²) >= 11 is 2.11. The second-order valence-corrected chi connectivity index (χ2v) is 6.31. The Morgan fingerprint density at radius 3 is 2.61 bits per heavy atom. The van der Waals surface area contributed by atoms with Gasteiger partial charge in [-0.25, -0.2) is 0 Å². The Balaban J connectivity index is 1.81. The SMILES string of the molecule is Cc1ccc(-c2nnc(NC(=O)c3ccccc3I)o2)cc1C. The number of halogens is 1. The standard InChI is InChI=1S/C17H14IN3O2/c1-10-7-8-12(9-11(10)2)16-20-21-17(23-16)19-15(22)13-5-3-4-6-14(13)18/h3-9H,1-2H3,(H,19,21,22). The largest absolute Gasteiger partial charge is 0.403 e. The maximum absolute atomic E-state index is 12.2. The van der Waals surface area contributed by atoms with Crippen LogP contribution in [-0.2, 0) is 0 Å². The third kappa shape index (κ3) is 3.42. The molecule has 3 aromatic rings. The number of aromatic nitrogens is 2. The van der Waals surface area contributed by atoms with Crippen LogP contribution in [0, 0.1) is 17.4 Å². The van der Waals surface area contributed by atoms with Crippen LogP contribution in [0.25, 0.3) is 11.5 Å². The quantitative estimate of drug-likeness (QED) is 0.646. The Bertz CT molecular complexity index is 874. The lowest BCUT2D eigenvalue weighted by molar-refractivity contribution is 0.102. The number of anilines is 1. The zero-order valence-electron chi connectivity index (χ0n) is 12.6. The molecule has 0 saturated heterocycles. The lowest BCUT2D eigenvalue weighted by Gasteiger charge is -2.03. The Morgan fingerprint density at radius 1 is 1.09 bits per heavy atom. The van der Waals surface area contributed by atoms with E-state index in [1.165, 1.54) is 5.56 Å². The van der Waals surface area contributed by atoms with Gasteiger partial charge in [0.1, 0.15) is 0 Å². The van der Waals surface area contributed by atoms with Gasteiger partial charge in [-0.15, -0.1) is 5.10 Å². The fourth-order valence-electron chi connectivity index (χ4n) is 2.07. The maximum Gasteiger partial charge on any atom is 0.322 e. The van der Waals surface area contributed by atoms with Crippen molar-refractivity contribution in [2.45, 2.75) is 13.8 Å². The molecule has 23 heavy (non-hydrogen) atoms. The number of hydrogen-bond acceptors (Lipinski definition) is 4. The molecule has 0 aliphatic rings. The van der Waals surface area contributed by atoms with Gasteiger partial charge in [-0.05, 0) is 71.8 Å². The molecule has 2 aromatic carbocycles. The van der Waals surface area contributed by atoms with Crippen LogP contribution >= 0.6 is 22.6 Å². The zero-order chi connectivity index (χ0) is 16.4. The fraction of sp³-hybridized carbons (Fsp3) is 0.118. The molecule has 0 atom stereocenters. The minimum absolute atomic E-state index is 0.0860. The van der Waals surface area contributed by atoms with Crippen LogP contribution < -0.4 is 5.32 Å². The summed E-state index contributed by atoms with van der Waals surface area (Å²) in [7, 11) is 0. The van der Waals surface area contributed by atoms with Crippen molar-refractivity contribution >= 4 is 34.5 Å². The topological polar surface area (TPSA) is 68.0 Å². The third-order valence-corrected chi connectivity index (χ3v) is 4.46. The predicted molar refractivity (Wildman–Crippen MR) is 96.3 cm³/mol. The van der Waals surface area contributed by atoms with Crippen LogP contribution in [0.2, 0.25) is 0 Å². The first kappa shape index (κ1) is 15.7. The molecule has 1 aromatic heterocycles. The number of benzene rings is 2. The molecule has 0 fully saturated rings. The number of hydrogen-bond donors (Lipinski definition) is 1. The highest BCUT2D eigenvalue weighted by Gasteiger charge is 2.14. The number of aryl methyl sites for hydroxylation is 2. The van der Waals surface area contributed by atoms with Gasteiger partial charge in [-0.2, -0.15) is 0 Å². The van der Waals surface area contributed by atoms with Crippen molar-refractivity contribution in [3.8, 4) is 11.5 Å². The minimum Gasteiger partial charge on any atom is -0.403 e. The highest BCUT2D eigenvalue weighted by Crippen LogP contribution is 2.23. The van der Waals surface area contributed by atoms with Crippen LogP contribution in [0.4, 0.5) is 6.01 Å². The summed E-state index contributed by atoms with van der Waals surface area (Å²) in [6, 6.07) is 13.3. The summed E-state index contributed by atoms with van der Waals surface area (Å²) in [6.45, 7) is 4.06. The Morgan fingerprint density at radius 2 is 1.87 bits per heavy atom. The van der Waals surface area contributed by atoms with Gasteiger partial charge in [0.25, 0.3) is 5.91 Å². The molecule has 0 aliphatic heterocycles. The molecule has 1 heterocycles. The van der Waals surface area contributed by atoms with Crippen molar-refractivity contribution in [3.05, 3.63) is 62.7 Å². The van der Waals surface area contributed by atoms with Gasteiger partial charge in [-0.3, -0.25) is 10.1 Å². The summed E-state index contributed by atoms with van der Waals surface area (Å²) < 4.78 is 6.40. The molecule has 5 nitrogen and oxygen atoms in total. The molecule has 0 bridgehead atoms. The van der Waals surface area contributed by atoms with E-state index in [2.05, 4.69) is 38.1 Å². The van der Waals surface area contributed by atoms with E-state index in [0.29, 0.717) is 11.5 Å². The predicted octanol–water partition coefficient (Wildman–Crippen LogP) is 4.21. The maximum atomic E-state index is 12.2. The first-order valence-electron chi connectivity index (χ1n) is 7.01. The van der Waals surface area contributed by atoms with Crippen molar-refractivity contribution < 1.29 is 9.21 Å². The van der Waals surface area contributed by atoms with Gasteiger partial charge in [0.15, 0.2) is 0 Å². The normalized spacial score (nSPS) is 10.6. The summed E-state index contributed by atoms with van der Waals surface area (Å²) in [5, 5.41) is 10.5. The van der Waals surface area contributed by atoms with Crippen molar-refractivity contribution in [1.82, 2.24) is 10.2 Å². The van der Waals surface area contributed by atoms with E-state index in [1.807, 2.05) is 50.2 Å². The molecule has 0 unspecified atom stereocenters. The average Bonchev–Trinajstić information content (AvgIpc) is 2.99. The van der Waals surface area contributed by atoms with E-state index >= 15 is 0 Å². The number of carbonyl (C=O) groups excluding carboxylic acids is 1. The molecular weight excluding hydrogens is 405 g/mol. The van der Waals surface area contributed by atoms with E-state index in [0.717, 1.165) is 14.7 Å². The molecular formula is C17H14IN3O2. The third-order valence-electron chi connectivity index (χ3n) is 3.52. The Kier molecular flexibility index (Phi) is 4.42. The van der Waals surface area contributed by atoms with E-state index in [4.69, 9.17) is 4.42 Å². The summed E-state index contributed by atoms with van der Waals surface area (Å²) in [6.07, 6.45) is 0. The molecule has 0 spiro atoms. The van der Waals surface area contributed by atoms with Crippen LogP contribution in [0.5, 0.6) is 0 Å². The number of amides is 1. The van der Waals surface area contributed by atoms with E-state index < -0.39 is 0 Å². The van der Waals surface area contributed by atoms with Crippen LogP contribution in [0.1, 0.15) is 21.5 Å². The molecule has 0 saturated carbocycles. The smallest absolute Gasteiger partial charge is 0.322 e. The molecule has 116 valence electrons. The molecule has 1 N–H and O–H groups in total. The molecule has 0 radical (unpaired) electrons. The number of nitrogens with zero attached hydrogens (tertiary/aromatic N) is 2. The van der Waals surface area contributed by atoms with E-state index in [9.17, 15) is 4.79 Å². The lowest BCUT2D eigenvalue weighted by atomic mass is 10.1. The Hall–Kier alpha value is -2.22. The second-order valence-electron chi connectivity index (χ2n) is 5.15. The number of rotatable bonds is 3. The van der Waals surface area contributed by atoms with Gasteiger partial charge < -0.3 is 4.42 Å². The molecule has 6 heteroatoms. The summed E-state index contributed by atoms with van der Waals surface area (Å²) in [4.78, 5) is 12.2. The van der Waals surface area contributed by atoms with Crippen molar-refractivity contribution in [1.29, 1.82) is 0 Å². The highest BCUT2D eigenvalue weighted by molar-refractivity contribution is 14.1. The van der Waals surface area contributed by atoms with Gasteiger partial charge in [0.2, 0.25) is 5.89 Å². The molecule has 1 amide bonds. The second kappa shape index (κ2) is 6.49. The van der Waals surface area contributed by atoms with Gasteiger partial charge in [0.05, 0.1) is 5.56 Å². The zero-order valence-corrected chi connectivity index (χ0v) is 14.8. The van der Waals surface area contributed by atoms with Crippen molar-refractivity contribution in [3.63, 3.8) is 0 Å². The van der Waals surface area contributed by atoms with Crippen LogP contribution in [-0.4, -0.2) is 16.1 Å². The number of carbonyl (C=O) groups is 1. The summed E-state index contributed by atoms with van der Waals surface area (Å²) in [5.41, 5.74) is 3.74. The molecule has 0 aliphatic carbocycles. The van der Waals surface area contributed by atoms with E-state index in [-0.39, 0.29) is 11.9 Å². The van der Waals surface area contributed by atoms with E-state index in [1.54, 1.807) is 6.07 Å². The van der Waals surface area contributed by atoms with Crippen LogP contribution in [0.15, 0.2) is 46.9 Å². The first-order valence-corrected chi connectivity index (χ1v) is 8.09. The number of nitrogens with one attached hydrogen (secondary N) is 1. The Labute approximate surface area is 147 Å². The van der Waals surface area contributed by atoms with Gasteiger partial charge in [0, 0.05) is 9.13 Å². The summed E-state index contributed by atoms with van der Waals surface area (Å²) in [5.74, 6) is 0.108. The van der Waals surface area contributed by atoms with Crippen LogP contribution in [0.3, 0.4) is 0 Å².